The van der Waals surface area contributed by atoms with Gasteiger partial charge >= 0.3 is 0 Å². The number of benzene rings is 2. The number of Topliss-reactive ketones (excluding diaryl/α,β-unsaturated/α-hetero) is 1. The predicted molar refractivity (Wildman–Crippen MR) is 85.0 cm³/mol. The molecule has 0 radical (unpaired) electrons. The molecule has 23 heavy (non-hydrogen) atoms. The molecule has 3 nitrogen and oxygen atoms in total. The van der Waals surface area contributed by atoms with Gasteiger partial charge in [-0.2, -0.15) is 0 Å². The monoisotopic (exact) mass is 333 g/mol. The number of carbonyl (C=O) groups excluding carboxylic acids is 2. The van der Waals surface area contributed by atoms with Crippen molar-refractivity contribution in [2.45, 2.75) is 11.3 Å². The zero-order valence-electron chi connectivity index (χ0n) is 12.3. The Hall–Kier alpha value is -2.21. The van der Waals surface area contributed by atoms with E-state index in [1.807, 2.05) is 0 Å². The van der Waals surface area contributed by atoms with E-state index in [1.54, 1.807) is 30.1 Å². The van der Waals surface area contributed by atoms with Crippen LogP contribution in [0.4, 0.5) is 14.5 Å². The molecule has 0 aliphatic carbocycles. The highest BCUT2D eigenvalue weighted by Crippen LogP contribution is 2.29. The number of fused-ring (bicyclic) bond motifs is 1. The van der Waals surface area contributed by atoms with Gasteiger partial charge in [-0.15, -0.1) is 11.8 Å². The van der Waals surface area contributed by atoms with E-state index in [0.29, 0.717) is 16.9 Å². The van der Waals surface area contributed by atoms with Crippen molar-refractivity contribution in [1.29, 1.82) is 0 Å². The summed E-state index contributed by atoms with van der Waals surface area (Å²) in [5.74, 6) is -1.84. The molecule has 2 aromatic carbocycles. The van der Waals surface area contributed by atoms with Crippen LogP contribution >= 0.6 is 11.8 Å². The third kappa shape index (κ3) is 3.12. The van der Waals surface area contributed by atoms with Crippen molar-refractivity contribution in [3.63, 3.8) is 0 Å². The second kappa shape index (κ2) is 6.12. The number of thioether (sulfide) groups is 1. The molecule has 0 atom stereocenters. The average Bonchev–Trinajstić information content (AvgIpc) is 2.82. The maximum absolute atomic E-state index is 13.1. The van der Waals surface area contributed by atoms with Crippen LogP contribution in [0.3, 0.4) is 0 Å². The molecule has 118 valence electrons. The Morgan fingerprint density at radius 3 is 2.70 bits per heavy atom. The second-order valence-corrected chi connectivity index (χ2v) is 6.31. The number of carbonyl (C=O) groups is 2. The fraction of sp³-hybridized carbons (Fsp3) is 0.176. The van der Waals surface area contributed by atoms with Crippen LogP contribution in [0.5, 0.6) is 0 Å². The van der Waals surface area contributed by atoms with Crippen molar-refractivity contribution in [2.24, 2.45) is 0 Å². The van der Waals surface area contributed by atoms with Gasteiger partial charge in [0.25, 0.3) is 0 Å². The number of hydrogen-bond donors (Lipinski definition) is 0. The van der Waals surface area contributed by atoms with Gasteiger partial charge in [0.1, 0.15) is 0 Å². The van der Waals surface area contributed by atoms with E-state index in [9.17, 15) is 18.4 Å². The summed E-state index contributed by atoms with van der Waals surface area (Å²) in [6.07, 6.45) is 0.295. The van der Waals surface area contributed by atoms with Crippen molar-refractivity contribution in [1.82, 2.24) is 0 Å². The van der Waals surface area contributed by atoms with E-state index in [4.69, 9.17) is 0 Å². The number of rotatable bonds is 4. The summed E-state index contributed by atoms with van der Waals surface area (Å²) in [4.78, 5) is 26.0. The molecule has 0 saturated heterocycles. The third-order valence-corrected chi connectivity index (χ3v) is 4.73. The smallest absolute Gasteiger partial charge is 0.231 e. The first-order valence-electron chi connectivity index (χ1n) is 6.96. The number of likely N-dealkylation sites (N-methyl/N-ethyl adjacent to an activating group) is 1. The van der Waals surface area contributed by atoms with Crippen LogP contribution in [0.15, 0.2) is 41.3 Å². The molecular weight excluding hydrogens is 320 g/mol. The lowest BCUT2D eigenvalue weighted by molar-refractivity contribution is -0.117. The minimum Gasteiger partial charge on any atom is -0.315 e. The van der Waals surface area contributed by atoms with Crippen LogP contribution in [0.1, 0.15) is 15.9 Å². The van der Waals surface area contributed by atoms with Crippen molar-refractivity contribution in [3.8, 4) is 0 Å². The summed E-state index contributed by atoms with van der Waals surface area (Å²) in [6.45, 7) is 0. The Morgan fingerprint density at radius 2 is 1.96 bits per heavy atom. The molecule has 1 heterocycles. The predicted octanol–water partition coefficient (Wildman–Crippen LogP) is 3.46. The van der Waals surface area contributed by atoms with Gasteiger partial charge in [-0.3, -0.25) is 9.59 Å². The lowest BCUT2D eigenvalue weighted by atomic mass is 10.1. The van der Waals surface area contributed by atoms with Crippen LogP contribution in [0, 0.1) is 11.6 Å². The summed E-state index contributed by atoms with van der Waals surface area (Å²) in [7, 11) is 1.70. The minimum absolute atomic E-state index is 0.000705. The maximum atomic E-state index is 13.1. The van der Waals surface area contributed by atoms with Gasteiger partial charge in [-0.1, -0.05) is 0 Å². The van der Waals surface area contributed by atoms with Gasteiger partial charge in [-0.05, 0) is 42.0 Å². The number of anilines is 1. The Kier molecular flexibility index (Phi) is 4.17. The van der Waals surface area contributed by atoms with Gasteiger partial charge in [0.15, 0.2) is 17.4 Å². The summed E-state index contributed by atoms with van der Waals surface area (Å²) in [6, 6.07) is 8.72. The van der Waals surface area contributed by atoms with E-state index in [0.717, 1.165) is 35.1 Å². The molecule has 0 saturated carbocycles. The number of hydrogen-bond acceptors (Lipinski definition) is 3. The van der Waals surface area contributed by atoms with Crippen molar-refractivity contribution in [2.75, 3.05) is 17.7 Å². The topological polar surface area (TPSA) is 37.4 Å². The number of halogens is 2. The average molecular weight is 333 g/mol. The van der Waals surface area contributed by atoms with Gasteiger partial charge in [-0.25, -0.2) is 8.78 Å². The first-order valence-corrected chi connectivity index (χ1v) is 7.95. The standard InChI is InChI=1S/C17H13F2NO2S/c1-20-15-5-2-10(6-11(15)7-17(20)22)16(21)9-23-12-3-4-13(18)14(19)8-12/h2-6,8H,7,9H2,1H3. The van der Waals surface area contributed by atoms with Crippen molar-refractivity contribution in [3.05, 3.63) is 59.2 Å². The number of amides is 1. The van der Waals surface area contributed by atoms with E-state index in [-0.39, 0.29) is 17.4 Å². The molecule has 3 rings (SSSR count). The highest BCUT2D eigenvalue weighted by Gasteiger charge is 2.24. The van der Waals surface area contributed by atoms with Gasteiger partial charge in [0.05, 0.1) is 12.2 Å². The molecule has 0 N–H and O–H groups in total. The van der Waals surface area contributed by atoms with Crippen LogP contribution in [0.2, 0.25) is 0 Å². The van der Waals surface area contributed by atoms with Crippen molar-refractivity contribution >= 4 is 29.1 Å². The largest absolute Gasteiger partial charge is 0.315 e. The molecule has 0 fully saturated rings. The van der Waals surface area contributed by atoms with Crippen LogP contribution in [-0.4, -0.2) is 24.5 Å². The van der Waals surface area contributed by atoms with Crippen LogP contribution in [0.25, 0.3) is 0 Å². The van der Waals surface area contributed by atoms with Crippen LogP contribution < -0.4 is 4.90 Å². The third-order valence-electron chi connectivity index (χ3n) is 3.74. The lowest BCUT2D eigenvalue weighted by Crippen LogP contribution is -2.20. The number of nitrogens with zero attached hydrogens (tertiary/aromatic N) is 1. The zero-order valence-corrected chi connectivity index (χ0v) is 13.1. The Balaban J connectivity index is 1.71. The lowest BCUT2D eigenvalue weighted by Gasteiger charge is -2.10. The Morgan fingerprint density at radius 1 is 1.17 bits per heavy atom. The summed E-state index contributed by atoms with van der Waals surface area (Å²) in [5, 5.41) is 0. The highest BCUT2D eigenvalue weighted by atomic mass is 32.2. The number of ketones is 1. The molecule has 1 aliphatic heterocycles. The highest BCUT2D eigenvalue weighted by molar-refractivity contribution is 8.00. The summed E-state index contributed by atoms with van der Waals surface area (Å²) in [5.41, 5.74) is 2.17. The SMILES string of the molecule is CN1C(=O)Cc2cc(C(=O)CSc3ccc(F)c(F)c3)ccc21. The molecular formula is C17H13F2NO2S. The first-order chi connectivity index (χ1) is 11.0. The van der Waals surface area contributed by atoms with Gasteiger partial charge in [0, 0.05) is 23.2 Å². The Labute approximate surface area is 136 Å². The first kappa shape index (κ1) is 15.7. The molecule has 0 aromatic heterocycles. The van der Waals surface area contributed by atoms with Gasteiger partial charge in [0.2, 0.25) is 5.91 Å². The summed E-state index contributed by atoms with van der Waals surface area (Å²) >= 11 is 1.15. The quantitative estimate of drug-likeness (QED) is 0.635. The van der Waals surface area contributed by atoms with Crippen molar-refractivity contribution < 1.29 is 18.4 Å². The molecule has 1 aliphatic rings. The fourth-order valence-electron chi connectivity index (χ4n) is 2.44. The fourth-order valence-corrected chi connectivity index (χ4v) is 3.26. The second-order valence-electron chi connectivity index (χ2n) is 5.26. The molecule has 1 amide bonds. The van der Waals surface area contributed by atoms with Gasteiger partial charge < -0.3 is 4.90 Å². The summed E-state index contributed by atoms with van der Waals surface area (Å²) < 4.78 is 26.0. The van der Waals surface area contributed by atoms with E-state index in [2.05, 4.69) is 0 Å². The minimum atomic E-state index is -0.929. The Bertz CT molecular complexity index is 807. The maximum Gasteiger partial charge on any atom is 0.231 e. The van der Waals surface area contributed by atoms with E-state index < -0.39 is 11.6 Å². The van der Waals surface area contributed by atoms with Crippen LogP contribution in [-0.2, 0) is 11.2 Å². The molecule has 2 aromatic rings. The molecule has 0 spiro atoms. The normalized spacial score (nSPS) is 13.3. The zero-order chi connectivity index (χ0) is 16.6. The molecule has 6 heteroatoms. The molecule has 0 unspecified atom stereocenters. The van der Waals surface area contributed by atoms with E-state index in [1.165, 1.54) is 6.07 Å². The molecule has 0 bridgehead atoms. The van der Waals surface area contributed by atoms with E-state index >= 15 is 0 Å².